The van der Waals surface area contributed by atoms with Crippen LogP contribution in [0.3, 0.4) is 0 Å². The third kappa shape index (κ3) is 1.91. The van der Waals surface area contributed by atoms with Crippen LogP contribution in [0.1, 0.15) is 51.0 Å². The van der Waals surface area contributed by atoms with E-state index in [4.69, 9.17) is 0 Å². The lowest BCUT2D eigenvalue weighted by Gasteiger charge is -2.10. The highest BCUT2D eigenvalue weighted by Gasteiger charge is 2.15. The number of nitrogens with zero attached hydrogens (tertiary/aromatic N) is 2. The van der Waals surface area contributed by atoms with Crippen molar-refractivity contribution >= 4 is 0 Å². The van der Waals surface area contributed by atoms with Gasteiger partial charge < -0.3 is 5.11 Å². The summed E-state index contributed by atoms with van der Waals surface area (Å²) in [6.07, 6.45) is 2.91. The molecular formula is C11H20N2O. The number of rotatable bonds is 4. The third-order valence-electron chi connectivity index (χ3n) is 2.68. The summed E-state index contributed by atoms with van der Waals surface area (Å²) in [5, 5.41) is 14.2. The van der Waals surface area contributed by atoms with E-state index in [0.29, 0.717) is 11.8 Å². The fourth-order valence-electron chi connectivity index (χ4n) is 1.58. The largest absolute Gasteiger partial charge is 0.504 e. The highest BCUT2D eigenvalue weighted by Crippen LogP contribution is 2.25. The second-order valence-corrected chi connectivity index (χ2v) is 3.83. The van der Waals surface area contributed by atoms with Crippen LogP contribution in [-0.4, -0.2) is 14.9 Å². The van der Waals surface area contributed by atoms with Crippen molar-refractivity contribution in [1.29, 1.82) is 0 Å². The molecule has 3 nitrogen and oxygen atoms in total. The average molecular weight is 196 g/mol. The Hall–Kier alpha value is -0.990. The van der Waals surface area contributed by atoms with Crippen LogP contribution in [0.25, 0.3) is 0 Å². The maximum atomic E-state index is 9.81. The van der Waals surface area contributed by atoms with Gasteiger partial charge in [-0.05, 0) is 26.7 Å². The highest BCUT2D eigenvalue weighted by atomic mass is 16.3. The Bertz CT molecular complexity index is 304. The molecule has 0 saturated carbocycles. The summed E-state index contributed by atoms with van der Waals surface area (Å²) >= 11 is 0. The smallest absolute Gasteiger partial charge is 0.159 e. The van der Waals surface area contributed by atoms with Crippen LogP contribution in [0.15, 0.2) is 0 Å². The molecule has 1 atom stereocenters. The number of aromatic nitrogens is 2. The second-order valence-electron chi connectivity index (χ2n) is 3.83. The average Bonchev–Trinajstić information content (AvgIpc) is 2.46. The lowest BCUT2D eigenvalue weighted by molar-refractivity contribution is 0.445. The molecule has 1 rings (SSSR count). The summed E-state index contributed by atoms with van der Waals surface area (Å²) in [5.41, 5.74) is 1.73. The van der Waals surface area contributed by atoms with Crippen molar-refractivity contribution < 1.29 is 5.11 Å². The minimum atomic E-state index is 0.367. The van der Waals surface area contributed by atoms with E-state index in [-0.39, 0.29) is 0 Å². The predicted molar refractivity (Wildman–Crippen MR) is 57.6 cm³/mol. The molecule has 0 aliphatic rings. The van der Waals surface area contributed by atoms with Crippen molar-refractivity contribution in [3.63, 3.8) is 0 Å². The molecule has 80 valence electrons. The molecule has 14 heavy (non-hydrogen) atoms. The van der Waals surface area contributed by atoms with E-state index in [1.54, 1.807) is 0 Å². The number of hydrogen-bond donors (Lipinski definition) is 1. The van der Waals surface area contributed by atoms with Crippen LogP contribution in [-0.2, 0) is 6.42 Å². The molecular weight excluding hydrogens is 176 g/mol. The number of hydrogen-bond acceptors (Lipinski definition) is 2. The van der Waals surface area contributed by atoms with E-state index in [2.05, 4.69) is 25.9 Å². The van der Waals surface area contributed by atoms with Crippen LogP contribution >= 0.6 is 0 Å². The Morgan fingerprint density at radius 3 is 2.57 bits per heavy atom. The summed E-state index contributed by atoms with van der Waals surface area (Å²) < 4.78 is 1.93. The quantitative estimate of drug-likeness (QED) is 0.804. The summed E-state index contributed by atoms with van der Waals surface area (Å²) in [5.74, 6) is 0.382. The van der Waals surface area contributed by atoms with Gasteiger partial charge in [-0.25, -0.2) is 0 Å². The summed E-state index contributed by atoms with van der Waals surface area (Å²) in [6.45, 7) is 8.27. The van der Waals surface area contributed by atoms with E-state index in [1.807, 2.05) is 11.6 Å². The molecule has 0 aliphatic carbocycles. The first-order valence-corrected chi connectivity index (χ1v) is 5.38. The summed E-state index contributed by atoms with van der Waals surface area (Å²) in [6, 6.07) is 0.367. The van der Waals surface area contributed by atoms with Crippen molar-refractivity contribution in [2.24, 2.45) is 0 Å². The molecule has 0 bridgehead atoms. The maximum absolute atomic E-state index is 9.81. The van der Waals surface area contributed by atoms with Gasteiger partial charge in [0, 0.05) is 6.04 Å². The molecule has 1 N–H and O–H groups in total. The van der Waals surface area contributed by atoms with Crippen molar-refractivity contribution in [1.82, 2.24) is 9.78 Å². The van der Waals surface area contributed by atoms with Crippen molar-refractivity contribution in [3.8, 4) is 5.75 Å². The van der Waals surface area contributed by atoms with Crippen molar-refractivity contribution in [2.75, 3.05) is 0 Å². The topological polar surface area (TPSA) is 38.0 Å². The van der Waals surface area contributed by atoms with Gasteiger partial charge >= 0.3 is 0 Å². The first-order valence-electron chi connectivity index (χ1n) is 5.38. The fraction of sp³-hybridized carbons (Fsp3) is 0.727. The van der Waals surface area contributed by atoms with E-state index in [9.17, 15) is 5.11 Å². The summed E-state index contributed by atoms with van der Waals surface area (Å²) in [7, 11) is 0. The van der Waals surface area contributed by atoms with E-state index in [0.717, 1.165) is 30.7 Å². The molecule has 0 spiro atoms. The van der Waals surface area contributed by atoms with E-state index in [1.165, 1.54) is 0 Å². The van der Waals surface area contributed by atoms with Crippen LogP contribution in [0, 0.1) is 6.92 Å². The van der Waals surface area contributed by atoms with Crippen LogP contribution < -0.4 is 0 Å². The Labute approximate surface area is 85.8 Å². The lowest BCUT2D eigenvalue weighted by Crippen LogP contribution is -2.07. The van der Waals surface area contributed by atoms with Gasteiger partial charge in [0.05, 0.1) is 5.69 Å². The van der Waals surface area contributed by atoms with Gasteiger partial charge in [0.25, 0.3) is 0 Å². The van der Waals surface area contributed by atoms with Gasteiger partial charge in [0.1, 0.15) is 5.69 Å². The number of aryl methyl sites for hydroxylation is 1. The Balaban J connectivity index is 3.01. The zero-order valence-corrected chi connectivity index (χ0v) is 9.54. The Kier molecular flexibility index (Phi) is 3.55. The minimum Gasteiger partial charge on any atom is -0.504 e. The van der Waals surface area contributed by atoms with Crippen molar-refractivity contribution in [3.05, 3.63) is 11.4 Å². The van der Waals surface area contributed by atoms with Gasteiger partial charge in [0.15, 0.2) is 5.75 Å². The van der Waals surface area contributed by atoms with Crippen LogP contribution in [0.5, 0.6) is 5.75 Å². The molecule has 1 aromatic heterocycles. The van der Waals surface area contributed by atoms with E-state index >= 15 is 0 Å². The monoisotopic (exact) mass is 196 g/mol. The molecule has 0 amide bonds. The van der Waals surface area contributed by atoms with Crippen LogP contribution in [0.2, 0.25) is 0 Å². The first-order chi connectivity index (χ1) is 6.61. The van der Waals surface area contributed by atoms with Gasteiger partial charge in [-0.1, -0.05) is 20.3 Å². The molecule has 0 fully saturated rings. The molecule has 0 aliphatic heterocycles. The summed E-state index contributed by atoms with van der Waals surface area (Å²) in [4.78, 5) is 0. The first kappa shape index (κ1) is 11.1. The van der Waals surface area contributed by atoms with Crippen LogP contribution in [0.4, 0.5) is 0 Å². The minimum absolute atomic E-state index is 0.367. The second kappa shape index (κ2) is 4.49. The fourth-order valence-corrected chi connectivity index (χ4v) is 1.58. The molecule has 1 heterocycles. The Morgan fingerprint density at radius 2 is 2.07 bits per heavy atom. The van der Waals surface area contributed by atoms with Crippen molar-refractivity contribution in [2.45, 2.75) is 53.0 Å². The molecule has 3 heteroatoms. The molecule has 0 aromatic carbocycles. The molecule has 1 unspecified atom stereocenters. The highest BCUT2D eigenvalue weighted by molar-refractivity contribution is 5.31. The maximum Gasteiger partial charge on any atom is 0.159 e. The third-order valence-corrected chi connectivity index (χ3v) is 2.68. The predicted octanol–water partition coefficient (Wildman–Crippen LogP) is 2.82. The molecule has 1 aromatic rings. The van der Waals surface area contributed by atoms with Gasteiger partial charge in [-0.15, -0.1) is 0 Å². The SMILES string of the molecule is CCCc1nn(C(C)CC)c(C)c1O. The van der Waals surface area contributed by atoms with Gasteiger partial charge in [-0.2, -0.15) is 5.10 Å². The lowest BCUT2D eigenvalue weighted by atomic mass is 10.2. The zero-order chi connectivity index (χ0) is 10.7. The Morgan fingerprint density at radius 1 is 1.43 bits per heavy atom. The van der Waals surface area contributed by atoms with E-state index < -0.39 is 0 Å². The van der Waals surface area contributed by atoms with Gasteiger partial charge in [-0.3, -0.25) is 4.68 Å². The molecule has 0 radical (unpaired) electrons. The standard InChI is InChI=1S/C11H20N2O/c1-5-7-10-11(14)9(4)13(12-10)8(3)6-2/h8,14H,5-7H2,1-4H3. The van der Waals surface area contributed by atoms with Gasteiger partial charge in [0.2, 0.25) is 0 Å². The normalized spacial score (nSPS) is 13.1. The number of aromatic hydroxyl groups is 1. The molecule has 0 saturated heterocycles. The zero-order valence-electron chi connectivity index (χ0n) is 9.54.